The molecule has 0 aliphatic carbocycles. The standard InChI is InChI=1S/C19H18ClNOS2/c20-14-5-3-13(4-6-14)16(22)12-21-9-7-17-15(8-11-24-17)19(21)18-2-1-10-23-18/h1-6,8,10-11,16,19,22H,7,9,12H2/t16-,19+/m1/s1. The highest BCUT2D eigenvalue weighted by Crippen LogP contribution is 2.40. The molecule has 3 heterocycles. The van der Waals surface area contributed by atoms with Gasteiger partial charge in [-0.05, 0) is 52.6 Å². The molecule has 24 heavy (non-hydrogen) atoms. The molecule has 2 aromatic heterocycles. The molecule has 0 amide bonds. The van der Waals surface area contributed by atoms with Gasteiger partial charge in [0.2, 0.25) is 0 Å². The Morgan fingerprint density at radius 2 is 1.96 bits per heavy atom. The number of halogens is 1. The molecular weight excluding hydrogens is 358 g/mol. The van der Waals surface area contributed by atoms with Crippen molar-refractivity contribution in [2.45, 2.75) is 18.6 Å². The normalized spacial score (nSPS) is 19.2. The third-order valence-electron chi connectivity index (χ3n) is 4.54. The highest BCUT2D eigenvalue weighted by Gasteiger charge is 2.31. The zero-order valence-electron chi connectivity index (χ0n) is 13.1. The number of rotatable bonds is 4. The minimum absolute atomic E-state index is 0.252. The van der Waals surface area contributed by atoms with Crippen molar-refractivity contribution >= 4 is 34.3 Å². The minimum atomic E-state index is -0.509. The second-order valence-electron chi connectivity index (χ2n) is 6.03. The van der Waals surface area contributed by atoms with E-state index in [1.165, 1.54) is 15.3 Å². The van der Waals surface area contributed by atoms with Crippen LogP contribution in [0.1, 0.15) is 33.0 Å². The summed E-state index contributed by atoms with van der Waals surface area (Å²) in [6, 6.07) is 14.3. The largest absolute Gasteiger partial charge is 0.387 e. The Bertz CT molecular complexity index is 797. The zero-order chi connectivity index (χ0) is 16.5. The van der Waals surface area contributed by atoms with Crippen molar-refractivity contribution in [3.8, 4) is 0 Å². The van der Waals surface area contributed by atoms with Crippen LogP contribution in [0.3, 0.4) is 0 Å². The van der Waals surface area contributed by atoms with Gasteiger partial charge in [-0.15, -0.1) is 22.7 Å². The van der Waals surface area contributed by atoms with Gasteiger partial charge >= 0.3 is 0 Å². The fourth-order valence-electron chi connectivity index (χ4n) is 3.36. The van der Waals surface area contributed by atoms with Crippen molar-refractivity contribution in [3.63, 3.8) is 0 Å². The van der Waals surface area contributed by atoms with Gasteiger partial charge in [0.1, 0.15) is 0 Å². The molecule has 2 nitrogen and oxygen atoms in total. The van der Waals surface area contributed by atoms with Crippen LogP contribution >= 0.6 is 34.3 Å². The number of aliphatic hydroxyl groups excluding tert-OH is 1. The van der Waals surface area contributed by atoms with E-state index in [0.29, 0.717) is 11.6 Å². The van der Waals surface area contributed by atoms with Crippen molar-refractivity contribution in [3.05, 3.63) is 79.1 Å². The Balaban J connectivity index is 1.60. The van der Waals surface area contributed by atoms with Crippen LogP contribution in [-0.2, 0) is 6.42 Å². The molecular formula is C19H18ClNOS2. The molecule has 4 rings (SSSR count). The van der Waals surface area contributed by atoms with E-state index in [1.54, 1.807) is 11.3 Å². The van der Waals surface area contributed by atoms with E-state index in [0.717, 1.165) is 18.5 Å². The monoisotopic (exact) mass is 375 g/mol. The number of fused-ring (bicyclic) bond motifs is 1. The molecule has 0 saturated heterocycles. The van der Waals surface area contributed by atoms with Gasteiger partial charge in [-0.3, -0.25) is 4.90 Å². The third kappa shape index (κ3) is 3.17. The lowest BCUT2D eigenvalue weighted by molar-refractivity contribution is 0.0936. The number of hydrogen-bond acceptors (Lipinski definition) is 4. The van der Waals surface area contributed by atoms with Gasteiger partial charge in [-0.25, -0.2) is 0 Å². The Kier molecular flexibility index (Phi) is 4.74. The van der Waals surface area contributed by atoms with Gasteiger partial charge in [0, 0.05) is 27.9 Å². The number of β-amino-alcohol motifs (C(OH)–C–C–N with tert-alkyl or cyclic N) is 1. The maximum atomic E-state index is 10.7. The Morgan fingerprint density at radius 3 is 2.71 bits per heavy atom. The molecule has 1 aliphatic heterocycles. The van der Waals surface area contributed by atoms with Gasteiger partial charge in [0.25, 0.3) is 0 Å². The molecule has 0 spiro atoms. The summed E-state index contributed by atoms with van der Waals surface area (Å²) in [5.74, 6) is 0. The van der Waals surface area contributed by atoms with Crippen molar-refractivity contribution < 1.29 is 5.11 Å². The lowest BCUT2D eigenvalue weighted by Gasteiger charge is -2.36. The van der Waals surface area contributed by atoms with Crippen molar-refractivity contribution in [2.75, 3.05) is 13.1 Å². The summed E-state index contributed by atoms with van der Waals surface area (Å²) in [6.45, 7) is 1.60. The summed E-state index contributed by atoms with van der Waals surface area (Å²) in [4.78, 5) is 5.23. The molecule has 0 unspecified atom stereocenters. The van der Waals surface area contributed by atoms with Gasteiger partial charge < -0.3 is 5.11 Å². The minimum Gasteiger partial charge on any atom is -0.387 e. The predicted octanol–water partition coefficient (Wildman–Crippen LogP) is 5.14. The van der Waals surface area contributed by atoms with Gasteiger partial charge in [-0.2, -0.15) is 0 Å². The first-order chi connectivity index (χ1) is 11.7. The molecule has 0 bridgehead atoms. The third-order valence-corrected chi connectivity index (χ3v) is 6.71. The summed E-state index contributed by atoms with van der Waals surface area (Å²) in [5.41, 5.74) is 2.32. The summed E-state index contributed by atoms with van der Waals surface area (Å²) in [7, 11) is 0. The van der Waals surface area contributed by atoms with Crippen LogP contribution in [0.15, 0.2) is 53.2 Å². The van der Waals surface area contributed by atoms with E-state index < -0.39 is 6.10 Å². The Hall–Kier alpha value is -1.17. The maximum Gasteiger partial charge on any atom is 0.0917 e. The van der Waals surface area contributed by atoms with Crippen LogP contribution in [0.5, 0.6) is 0 Å². The molecule has 0 fully saturated rings. The molecule has 1 aliphatic rings. The van der Waals surface area contributed by atoms with Gasteiger partial charge in [0.05, 0.1) is 12.1 Å². The zero-order valence-corrected chi connectivity index (χ0v) is 15.4. The van der Waals surface area contributed by atoms with Crippen molar-refractivity contribution in [1.82, 2.24) is 4.90 Å². The highest BCUT2D eigenvalue weighted by atomic mass is 35.5. The fraction of sp³-hybridized carbons (Fsp3) is 0.263. The van der Waals surface area contributed by atoms with Crippen LogP contribution < -0.4 is 0 Å². The highest BCUT2D eigenvalue weighted by molar-refractivity contribution is 7.10. The van der Waals surface area contributed by atoms with Gasteiger partial charge in [0.15, 0.2) is 0 Å². The maximum absolute atomic E-state index is 10.7. The molecule has 0 radical (unpaired) electrons. The molecule has 2 atom stereocenters. The SMILES string of the molecule is O[C@H](CN1CCc2sccc2[C@H]1c1cccs1)c1ccc(Cl)cc1. The average Bonchev–Trinajstić information content (AvgIpc) is 3.26. The second-order valence-corrected chi connectivity index (χ2v) is 8.45. The predicted molar refractivity (Wildman–Crippen MR) is 102 cm³/mol. The summed E-state index contributed by atoms with van der Waals surface area (Å²) in [6.07, 6.45) is 0.548. The van der Waals surface area contributed by atoms with Crippen LogP contribution in [0.4, 0.5) is 0 Å². The van der Waals surface area contributed by atoms with Crippen LogP contribution in [0.25, 0.3) is 0 Å². The molecule has 5 heteroatoms. The Morgan fingerprint density at radius 1 is 1.12 bits per heavy atom. The Labute approximate surface area is 155 Å². The number of hydrogen-bond donors (Lipinski definition) is 1. The van der Waals surface area contributed by atoms with Crippen molar-refractivity contribution in [2.24, 2.45) is 0 Å². The lowest BCUT2D eigenvalue weighted by Crippen LogP contribution is -2.37. The topological polar surface area (TPSA) is 23.5 Å². The summed E-state index contributed by atoms with van der Waals surface area (Å²) in [5, 5.41) is 15.7. The summed E-state index contributed by atoms with van der Waals surface area (Å²) >= 11 is 9.59. The first kappa shape index (κ1) is 16.3. The smallest absolute Gasteiger partial charge is 0.0917 e. The number of nitrogens with zero attached hydrogens (tertiary/aromatic N) is 1. The van der Waals surface area contributed by atoms with Gasteiger partial charge in [-0.1, -0.05) is 29.8 Å². The van der Waals surface area contributed by atoms with E-state index in [9.17, 15) is 5.11 Å². The molecule has 0 saturated carbocycles. The van der Waals surface area contributed by atoms with E-state index in [-0.39, 0.29) is 6.04 Å². The molecule has 1 N–H and O–H groups in total. The van der Waals surface area contributed by atoms with Crippen molar-refractivity contribution in [1.29, 1.82) is 0 Å². The quantitative estimate of drug-likeness (QED) is 0.682. The number of benzene rings is 1. The molecule has 1 aromatic carbocycles. The first-order valence-electron chi connectivity index (χ1n) is 7.99. The average molecular weight is 376 g/mol. The van der Waals surface area contributed by atoms with E-state index in [2.05, 4.69) is 33.9 Å². The van der Waals surface area contributed by atoms with Crippen LogP contribution in [0.2, 0.25) is 5.02 Å². The fourth-order valence-corrected chi connectivity index (χ4v) is 5.26. The van der Waals surface area contributed by atoms with Crippen LogP contribution in [-0.4, -0.2) is 23.1 Å². The lowest BCUT2D eigenvalue weighted by atomic mass is 9.97. The number of aliphatic hydroxyl groups is 1. The van der Waals surface area contributed by atoms with E-state index in [4.69, 9.17) is 11.6 Å². The number of thiophene rings is 2. The second kappa shape index (κ2) is 6.98. The van der Waals surface area contributed by atoms with Crippen LogP contribution in [0, 0.1) is 0 Å². The summed E-state index contributed by atoms with van der Waals surface area (Å²) < 4.78 is 0. The molecule has 124 valence electrons. The molecule has 3 aromatic rings. The van der Waals surface area contributed by atoms with E-state index in [1.807, 2.05) is 35.6 Å². The van der Waals surface area contributed by atoms with E-state index >= 15 is 0 Å². The first-order valence-corrected chi connectivity index (χ1v) is 10.1.